The van der Waals surface area contributed by atoms with Gasteiger partial charge in [-0.3, -0.25) is 10.1 Å². The summed E-state index contributed by atoms with van der Waals surface area (Å²) >= 11 is 3.65. The molecule has 0 fully saturated rings. The smallest absolute Gasteiger partial charge is 0.270 e. The van der Waals surface area contributed by atoms with Crippen LogP contribution in [0.2, 0.25) is 0 Å². The Hall–Kier alpha value is -1.15. The van der Waals surface area contributed by atoms with Gasteiger partial charge in [0.25, 0.3) is 5.69 Å². The molecule has 1 heterocycles. The molecule has 2 rings (SSSR count). The fourth-order valence-corrected chi connectivity index (χ4v) is 2.56. The Kier molecular flexibility index (Phi) is 3.95. The van der Waals surface area contributed by atoms with Gasteiger partial charge in [-0.05, 0) is 51.0 Å². The minimum Gasteiger partial charge on any atom is -0.488 e. The van der Waals surface area contributed by atoms with Gasteiger partial charge in [0.1, 0.15) is 12.4 Å². The average Bonchev–Trinajstić information content (AvgIpc) is 2.80. The lowest BCUT2D eigenvalue weighted by molar-refractivity contribution is -0.385. The minimum atomic E-state index is -0.412. The monoisotopic (exact) mass is 361 g/mol. The molecule has 6 heteroatoms. The molecule has 0 aliphatic heterocycles. The van der Waals surface area contributed by atoms with Crippen molar-refractivity contribution in [3.63, 3.8) is 0 Å². The first-order valence-corrected chi connectivity index (χ1v) is 6.77. The van der Waals surface area contributed by atoms with Crippen LogP contribution in [0, 0.1) is 13.7 Å². The molecule has 88 valence electrons. The fourth-order valence-electron chi connectivity index (χ4n) is 1.26. The van der Waals surface area contributed by atoms with Crippen molar-refractivity contribution in [1.82, 2.24) is 0 Å². The largest absolute Gasteiger partial charge is 0.488 e. The topological polar surface area (TPSA) is 52.4 Å². The Morgan fingerprint density at radius 2 is 2.24 bits per heavy atom. The standard InChI is InChI=1S/C11H8INO3S/c12-10-5-9(13(14)15)1-2-11(10)16-6-8-3-4-17-7-8/h1-5,7H,6H2. The number of nitrogens with zero attached hydrogens (tertiary/aromatic N) is 1. The van der Waals surface area contributed by atoms with Crippen molar-refractivity contribution in [3.05, 3.63) is 54.3 Å². The van der Waals surface area contributed by atoms with Gasteiger partial charge in [0.15, 0.2) is 0 Å². The molecule has 0 N–H and O–H groups in total. The number of non-ortho nitro benzene ring substituents is 1. The van der Waals surface area contributed by atoms with E-state index in [4.69, 9.17) is 4.74 Å². The summed E-state index contributed by atoms with van der Waals surface area (Å²) in [5.41, 5.74) is 1.18. The van der Waals surface area contributed by atoms with E-state index in [1.807, 2.05) is 39.4 Å². The van der Waals surface area contributed by atoms with Gasteiger partial charge < -0.3 is 4.74 Å². The zero-order valence-electron chi connectivity index (χ0n) is 8.63. The number of halogens is 1. The number of thiophene rings is 1. The predicted octanol–water partition coefficient (Wildman–Crippen LogP) is 3.84. The molecule has 4 nitrogen and oxygen atoms in total. The van der Waals surface area contributed by atoms with Gasteiger partial charge >= 0.3 is 0 Å². The number of benzene rings is 1. The third-order valence-corrected chi connectivity index (χ3v) is 3.68. The van der Waals surface area contributed by atoms with Gasteiger partial charge in [0, 0.05) is 12.1 Å². The van der Waals surface area contributed by atoms with Crippen molar-refractivity contribution in [2.75, 3.05) is 0 Å². The van der Waals surface area contributed by atoms with Crippen molar-refractivity contribution in [2.45, 2.75) is 6.61 Å². The molecule has 17 heavy (non-hydrogen) atoms. The zero-order chi connectivity index (χ0) is 12.3. The van der Waals surface area contributed by atoms with E-state index in [0.29, 0.717) is 12.4 Å². The number of hydrogen-bond donors (Lipinski definition) is 0. The lowest BCUT2D eigenvalue weighted by Crippen LogP contribution is -1.96. The zero-order valence-corrected chi connectivity index (χ0v) is 11.6. The van der Waals surface area contributed by atoms with Crippen molar-refractivity contribution < 1.29 is 9.66 Å². The van der Waals surface area contributed by atoms with E-state index < -0.39 is 4.92 Å². The van der Waals surface area contributed by atoms with Crippen LogP contribution < -0.4 is 4.74 Å². The van der Waals surface area contributed by atoms with Gasteiger partial charge in [-0.2, -0.15) is 11.3 Å². The van der Waals surface area contributed by atoms with E-state index in [2.05, 4.69) is 0 Å². The van der Waals surface area contributed by atoms with E-state index in [0.717, 1.165) is 9.13 Å². The fraction of sp³-hybridized carbons (Fsp3) is 0.0909. The molecule has 1 aromatic carbocycles. The van der Waals surface area contributed by atoms with E-state index in [1.54, 1.807) is 17.4 Å². The first kappa shape index (κ1) is 12.3. The number of hydrogen-bond acceptors (Lipinski definition) is 4. The highest BCUT2D eigenvalue weighted by atomic mass is 127. The van der Waals surface area contributed by atoms with Crippen molar-refractivity contribution >= 4 is 39.6 Å². The maximum absolute atomic E-state index is 10.6. The maximum Gasteiger partial charge on any atom is 0.270 e. The lowest BCUT2D eigenvalue weighted by Gasteiger charge is -2.06. The van der Waals surface area contributed by atoms with Gasteiger partial charge in [-0.25, -0.2) is 0 Å². The summed E-state index contributed by atoms with van der Waals surface area (Å²) in [5, 5.41) is 14.6. The van der Waals surface area contributed by atoms with E-state index in [-0.39, 0.29) is 5.69 Å². The second kappa shape index (κ2) is 5.46. The molecular formula is C11H8INO3S. The molecule has 0 radical (unpaired) electrons. The molecule has 0 saturated heterocycles. The Labute approximate surface area is 116 Å². The molecule has 0 atom stereocenters. The molecule has 0 amide bonds. The second-order valence-corrected chi connectivity index (χ2v) is 5.23. The van der Waals surface area contributed by atoms with Gasteiger partial charge in [-0.15, -0.1) is 0 Å². The summed E-state index contributed by atoms with van der Waals surface area (Å²) in [6.07, 6.45) is 0. The molecule has 2 aromatic rings. The van der Waals surface area contributed by atoms with Crippen LogP contribution >= 0.6 is 33.9 Å². The van der Waals surface area contributed by atoms with Crippen LogP contribution in [0.4, 0.5) is 5.69 Å². The Morgan fingerprint density at radius 1 is 1.41 bits per heavy atom. The molecule has 0 aliphatic carbocycles. The van der Waals surface area contributed by atoms with E-state index in [9.17, 15) is 10.1 Å². The van der Waals surface area contributed by atoms with E-state index >= 15 is 0 Å². The normalized spacial score (nSPS) is 10.2. The molecule has 0 aliphatic rings. The SMILES string of the molecule is O=[N+]([O-])c1ccc(OCc2ccsc2)c(I)c1. The number of nitro groups is 1. The number of nitro benzene ring substituents is 1. The van der Waals surface area contributed by atoms with Crippen molar-refractivity contribution in [2.24, 2.45) is 0 Å². The summed E-state index contributed by atoms with van der Waals surface area (Å²) in [5.74, 6) is 0.669. The molecule has 1 aromatic heterocycles. The third kappa shape index (κ3) is 3.16. The Balaban J connectivity index is 2.09. The summed E-state index contributed by atoms with van der Waals surface area (Å²) < 4.78 is 6.34. The quantitative estimate of drug-likeness (QED) is 0.472. The minimum absolute atomic E-state index is 0.0808. The second-order valence-electron chi connectivity index (χ2n) is 3.29. The van der Waals surface area contributed by atoms with Gasteiger partial charge in [0.05, 0.1) is 8.49 Å². The summed E-state index contributed by atoms with van der Waals surface area (Å²) in [6.45, 7) is 0.483. The van der Waals surface area contributed by atoms with Crippen LogP contribution in [0.1, 0.15) is 5.56 Å². The molecule has 0 saturated carbocycles. The Bertz CT molecular complexity index is 528. The predicted molar refractivity (Wildman–Crippen MR) is 74.5 cm³/mol. The van der Waals surface area contributed by atoms with Crippen molar-refractivity contribution in [3.8, 4) is 5.75 Å². The highest BCUT2D eigenvalue weighted by Gasteiger charge is 2.09. The number of ether oxygens (including phenoxy) is 1. The molecule has 0 unspecified atom stereocenters. The summed E-state index contributed by atoms with van der Waals surface area (Å²) in [4.78, 5) is 10.2. The van der Waals surface area contributed by atoms with Crippen molar-refractivity contribution in [1.29, 1.82) is 0 Å². The number of rotatable bonds is 4. The molecular weight excluding hydrogens is 353 g/mol. The van der Waals surface area contributed by atoms with Crippen LogP contribution in [-0.4, -0.2) is 4.92 Å². The first-order chi connectivity index (χ1) is 8.16. The van der Waals surface area contributed by atoms with Crippen LogP contribution in [0.15, 0.2) is 35.0 Å². The van der Waals surface area contributed by atoms with Gasteiger partial charge in [0.2, 0.25) is 0 Å². The maximum atomic E-state index is 10.6. The average molecular weight is 361 g/mol. The summed E-state index contributed by atoms with van der Waals surface area (Å²) in [7, 11) is 0. The van der Waals surface area contributed by atoms with E-state index in [1.165, 1.54) is 12.1 Å². The third-order valence-electron chi connectivity index (χ3n) is 2.10. The Morgan fingerprint density at radius 3 is 2.82 bits per heavy atom. The molecule has 0 spiro atoms. The highest BCUT2D eigenvalue weighted by molar-refractivity contribution is 14.1. The summed E-state index contributed by atoms with van der Waals surface area (Å²) in [6, 6.07) is 6.57. The van der Waals surface area contributed by atoms with Crippen LogP contribution in [-0.2, 0) is 6.61 Å². The molecule has 0 bridgehead atoms. The van der Waals surface area contributed by atoms with Crippen LogP contribution in [0.5, 0.6) is 5.75 Å². The lowest BCUT2D eigenvalue weighted by atomic mass is 10.3. The van der Waals surface area contributed by atoms with Gasteiger partial charge in [-0.1, -0.05) is 0 Å². The first-order valence-electron chi connectivity index (χ1n) is 4.74. The van der Waals surface area contributed by atoms with Crippen LogP contribution in [0.25, 0.3) is 0 Å². The highest BCUT2D eigenvalue weighted by Crippen LogP contribution is 2.26. The van der Waals surface area contributed by atoms with Crippen LogP contribution in [0.3, 0.4) is 0 Å².